The minimum Gasteiger partial charge on any atom is -0.453 e. The van der Waals surface area contributed by atoms with Gasteiger partial charge in [0, 0.05) is 28.4 Å². The lowest BCUT2D eigenvalue weighted by molar-refractivity contribution is 0.0469. The van der Waals surface area contributed by atoms with E-state index in [1.807, 2.05) is 55.5 Å². The van der Waals surface area contributed by atoms with Crippen molar-refractivity contribution in [3.8, 4) is 5.69 Å². The van der Waals surface area contributed by atoms with Gasteiger partial charge in [-0.05, 0) is 37.1 Å². The number of Topliss-reactive ketones (excluding diaryl/α,β-unsaturated/α-hetero) is 1. The van der Waals surface area contributed by atoms with Crippen LogP contribution in [0.2, 0.25) is 0 Å². The van der Waals surface area contributed by atoms with E-state index in [9.17, 15) is 9.59 Å². The molecule has 0 fully saturated rings. The van der Waals surface area contributed by atoms with Crippen LogP contribution < -0.4 is 0 Å². The van der Waals surface area contributed by atoms with Crippen molar-refractivity contribution in [1.29, 1.82) is 0 Å². The number of hydrogen-bond acceptors (Lipinski definition) is 4. The van der Waals surface area contributed by atoms with Crippen molar-refractivity contribution in [3.05, 3.63) is 83.3 Å². The summed E-state index contributed by atoms with van der Waals surface area (Å²) in [4.78, 5) is 28.2. The third-order valence-electron chi connectivity index (χ3n) is 4.91. The van der Waals surface area contributed by atoms with Gasteiger partial charge in [-0.1, -0.05) is 43.3 Å². The van der Waals surface area contributed by atoms with Gasteiger partial charge in [-0.2, -0.15) is 5.10 Å². The van der Waals surface area contributed by atoms with Crippen LogP contribution >= 0.6 is 0 Å². The fraction of sp³-hybridized carbons (Fsp3) is 0.174. The SMILES string of the molecule is CCc1cccc2c(C(=O)COC(=O)c3cc(C)n(-c4ccccc4)n3)c[nH]c12. The molecule has 0 saturated carbocycles. The lowest BCUT2D eigenvalue weighted by Gasteiger charge is -2.04. The molecule has 0 spiro atoms. The molecule has 4 aromatic rings. The zero-order valence-electron chi connectivity index (χ0n) is 16.3. The predicted molar refractivity (Wildman–Crippen MR) is 111 cm³/mol. The van der Waals surface area contributed by atoms with Crippen LogP contribution in [0.1, 0.15) is 39.0 Å². The number of aromatic nitrogens is 3. The first kappa shape index (κ1) is 18.7. The molecule has 146 valence electrons. The molecule has 0 aliphatic carbocycles. The normalized spacial score (nSPS) is 11.0. The van der Waals surface area contributed by atoms with E-state index in [1.54, 1.807) is 16.9 Å². The Morgan fingerprint density at radius 1 is 1.10 bits per heavy atom. The maximum atomic E-state index is 12.6. The molecule has 0 aliphatic rings. The number of carbonyl (C=O) groups is 2. The number of ether oxygens (including phenoxy) is 1. The molecule has 6 nitrogen and oxygen atoms in total. The second-order valence-corrected chi connectivity index (χ2v) is 6.81. The Kier molecular flexibility index (Phi) is 4.99. The number of hydrogen-bond donors (Lipinski definition) is 1. The average molecular weight is 387 g/mol. The first-order valence-electron chi connectivity index (χ1n) is 9.50. The molecule has 29 heavy (non-hydrogen) atoms. The summed E-state index contributed by atoms with van der Waals surface area (Å²) in [7, 11) is 0. The zero-order valence-corrected chi connectivity index (χ0v) is 16.3. The summed E-state index contributed by atoms with van der Waals surface area (Å²) in [6, 6.07) is 17.0. The molecular formula is C23H21N3O3. The van der Waals surface area contributed by atoms with E-state index in [-0.39, 0.29) is 18.1 Å². The molecule has 0 atom stereocenters. The van der Waals surface area contributed by atoms with Crippen molar-refractivity contribution < 1.29 is 14.3 Å². The summed E-state index contributed by atoms with van der Waals surface area (Å²) >= 11 is 0. The molecule has 4 rings (SSSR count). The molecule has 2 aromatic heterocycles. The minimum atomic E-state index is -0.620. The largest absolute Gasteiger partial charge is 0.453 e. The van der Waals surface area contributed by atoms with E-state index in [4.69, 9.17) is 4.74 Å². The summed E-state index contributed by atoms with van der Waals surface area (Å²) < 4.78 is 6.92. The topological polar surface area (TPSA) is 77.0 Å². The van der Waals surface area contributed by atoms with Gasteiger partial charge in [0.1, 0.15) is 0 Å². The molecular weight excluding hydrogens is 366 g/mol. The third-order valence-corrected chi connectivity index (χ3v) is 4.91. The van der Waals surface area contributed by atoms with E-state index in [1.165, 1.54) is 0 Å². The quantitative estimate of drug-likeness (QED) is 0.396. The molecule has 2 heterocycles. The predicted octanol–water partition coefficient (Wildman–Crippen LogP) is 4.26. The van der Waals surface area contributed by atoms with Gasteiger partial charge >= 0.3 is 5.97 Å². The highest BCUT2D eigenvalue weighted by Gasteiger charge is 2.19. The number of nitrogens with one attached hydrogen (secondary N) is 1. The standard InChI is InChI=1S/C23H21N3O3/c1-3-16-8-7-11-18-19(13-24-22(16)18)21(27)14-29-23(28)20-12-15(2)26(25-20)17-9-5-4-6-10-17/h4-13,24H,3,14H2,1-2H3. The first-order valence-corrected chi connectivity index (χ1v) is 9.50. The first-order chi connectivity index (χ1) is 14.1. The molecule has 0 amide bonds. The molecule has 0 bridgehead atoms. The maximum absolute atomic E-state index is 12.6. The number of para-hydroxylation sites is 2. The molecule has 0 saturated heterocycles. The summed E-state index contributed by atoms with van der Waals surface area (Å²) in [5.74, 6) is -0.873. The van der Waals surface area contributed by atoms with Gasteiger partial charge in [-0.15, -0.1) is 0 Å². The lowest BCUT2D eigenvalue weighted by Crippen LogP contribution is -2.14. The van der Waals surface area contributed by atoms with Crippen LogP contribution in [0.25, 0.3) is 16.6 Å². The Balaban J connectivity index is 1.49. The Morgan fingerprint density at radius 2 is 1.90 bits per heavy atom. The highest BCUT2D eigenvalue weighted by Crippen LogP contribution is 2.23. The Morgan fingerprint density at radius 3 is 2.66 bits per heavy atom. The van der Waals surface area contributed by atoms with Crippen LogP contribution in [-0.4, -0.2) is 33.1 Å². The second-order valence-electron chi connectivity index (χ2n) is 6.81. The van der Waals surface area contributed by atoms with Crippen molar-refractivity contribution in [1.82, 2.24) is 14.8 Å². The number of esters is 1. The fourth-order valence-corrected chi connectivity index (χ4v) is 3.43. The number of benzene rings is 2. The van der Waals surface area contributed by atoms with Gasteiger partial charge in [0.25, 0.3) is 0 Å². The van der Waals surface area contributed by atoms with Crippen LogP contribution in [-0.2, 0) is 11.2 Å². The summed E-state index contributed by atoms with van der Waals surface area (Å²) in [5.41, 5.74) is 4.44. The summed E-state index contributed by atoms with van der Waals surface area (Å²) in [5, 5.41) is 5.16. The minimum absolute atomic E-state index is 0.173. The second kappa shape index (κ2) is 7.75. The molecule has 0 aliphatic heterocycles. The van der Waals surface area contributed by atoms with Crippen molar-refractivity contribution >= 4 is 22.7 Å². The van der Waals surface area contributed by atoms with Crippen molar-refractivity contribution in [2.24, 2.45) is 0 Å². The summed E-state index contributed by atoms with van der Waals surface area (Å²) in [6.45, 7) is 3.59. The lowest BCUT2D eigenvalue weighted by atomic mass is 10.1. The number of aryl methyl sites for hydroxylation is 2. The van der Waals surface area contributed by atoms with E-state index >= 15 is 0 Å². The molecule has 0 unspecified atom stereocenters. The Bertz CT molecular complexity index is 1190. The van der Waals surface area contributed by atoms with Crippen LogP contribution in [0.5, 0.6) is 0 Å². The van der Waals surface area contributed by atoms with Crippen molar-refractivity contribution in [3.63, 3.8) is 0 Å². The zero-order chi connectivity index (χ0) is 20.4. The van der Waals surface area contributed by atoms with Crippen LogP contribution in [0, 0.1) is 6.92 Å². The van der Waals surface area contributed by atoms with Crippen LogP contribution in [0.3, 0.4) is 0 Å². The van der Waals surface area contributed by atoms with E-state index in [0.717, 1.165) is 34.3 Å². The smallest absolute Gasteiger partial charge is 0.359 e. The average Bonchev–Trinajstić information content (AvgIpc) is 3.36. The van der Waals surface area contributed by atoms with Crippen molar-refractivity contribution in [2.45, 2.75) is 20.3 Å². The number of fused-ring (bicyclic) bond motifs is 1. The van der Waals surface area contributed by atoms with Crippen molar-refractivity contribution in [2.75, 3.05) is 6.61 Å². The Hall–Kier alpha value is -3.67. The van der Waals surface area contributed by atoms with Gasteiger partial charge in [0.15, 0.2) is 12.3 Å². The van der Waals surface area contributed by atoms with E-state index in [0.29, 0.717) is 5.56 Å². The molecule has 1 N–H and O–H groups in total. The molecule has 0 radical (unpaired) electrons. The molecule has 2 aromatic carbocycles. The van der Waals surface area contributed by atoms with Gasteiger partial charge in [0.05, 0.1) is 5.69 Å². The third kappa shape index (κ3) is 3.57. The number of carbonyl (C=O) groups excluding carboxylic acids is 2. The monoisotopic (exact) mass is 387 g/mol. The highest BCUT2D eigenvalue weighted by molar-refractivity contribution is 6.09. The van der Waals surface area contributed by atoms with Gasteiger partial charge in [-0.3, -0.25) is 4.79 Å². The summed E-state index contributed by atoms with van der Waals surface area (Å²) in [6.07, 6.45) is 2.54. The fourth-order valence-electron chi connectivity index (χ4n) is 3.43. The van der Waals surface area contributed by atoms with Gasteiger partial charge in [-0.25, -0.2) is 9.48 Å². The number of rotatable bonds is 6. The van der Waals surface area contributed by atoms with Crippen LogP contribution in [0.4, 0.5) is 0 Å². The van der Waals surface area contributed by atoms with Gasteiger partial charge < -0.3 is 9.72 Å². The molecule has 6 heteroatoms. The van der Waals surface area contributed by atoms with Crippen LogP contribution in [0.15, 0.2) is 60.8 Å². The maximum Gasteiger partial charge on any atom is 0.359 e. The number of H-pyrrole nitrogens is 1. The van der Waals surface area contributed by atoms with Gasteiger partial charge in [0.2, 0.25) is 5.78 Å². The highest BCUT2D eigenvalue weighted by atomic mass is 16.5. The van der Waals surface area contributed by atoms with E-state index < -0.39 is 5.97 Å². The number of aromatic amines is 1. The number of ketones is 1. The number of nitrogens with zero attached hydrogens (tertiary/aromatic N) is 2. The Labute approximate surface area is 168 Å². The van der Waals surface area contributed by atoms with E-state index in [2.05, 4.69) is 17.0 Å².